The van der Waals surface area contributed by atoms with Crippen LogP contribution in [-0.4, -0.2) is 34.5 Å². The minimum Gasteiger partial charge on any atom is -0.437 e. The van der Waals surface area contributed by atoms with Crippen molar-refractivity contribution in [3.05, 3.63) is 74.7 Å². The highest BCUT2D eigenvalue weighted by molar-refractivity contribution is 6.32. The van der Waals surface area contributed by atoms with Crippen molar-refractivity contribution >= 4 is 29.2 Å². The summed E-state index contributed by atoms with van der Waals surface area (Å²) in [6.07, 6.45) is 3.44. The molecule has 34 heavy (non-hydrogen) atoms. The van der Waals surface area contributed by atoms with Crippen LogP contribution < -0.4 is 15.6 Å². The minimum absolute atomic E-state index is 0.0436. The van der Waals surface area contributed by atoms with Gasteiger partial charge in [0.05, 0.1) is 11.1 Å². The highest BCUT2D eigenvalue weighted by Crippen LogP contribution is 2.30. The maximum Gasteiger partial charge on any atom is 0.269 e. The average molecular weight is 481 g/mol. The Bertz CT molecular complexity index is 1320. The zero-order chi connectivity index (χ0) is 24.7. The van der Waals surface area contributed by atoms with Crippen LogP contribution in [-0.2, 0) is 9.53 Å². The molecule has 0 aliphatic carbocycles. The third-order valence-corrected chi connectivity index (χ3v) is 5.12. The van der Waals surface area contributed by atoms with Crippen LogP contribution in [0.1, 0.15) is 31.4 Å². The molecule has 2 heterocycles. The number of aromatic nitrogens is 2. The maximum atomic E-state index is 13.3. The number of halogens is 1. The summed E-state index contributed by atoms with van der Waals surface area (Å²) in [5, 5.41) is 12.6. The molecule has 1 amide bonds. The number of nitrogens with one attached hydrogen (secondary N) is 1. The molecule has 1 N–H and O–H groups in total. The van der Waals surface area contributed by atoms with Gasteiger partial charge in [-0.3, -0.25) is 14.0 Å². The lowest BCUT2D eigenvalue weighted by Crippen LogP contribution is -2.27. The largest absolute Gasteiger partial charge is 0.437 e. The van der Waals surface area contributed by atoms with E-state index >= 15 is 0 Å². The normalized spacial score (nSPS) is 11.5. The lowest BCUT2D eigenvalue weighted by atomic mass is 10.1. The molecular weight excluding hydrogens is 456 g/mol. The molecule has 0 fully saturated rings. The van der Waals surface area contributed by atoms with Crippen molar-refractivity contribution < 1.29 is 14.3 Å². The van der Waals surface area contributed by atoms with Gasteiger partial charge in [-0.25, -0.2) is 0 Å². The molecule has 1 aromatic carbocycles. The van der Waals surface area contributed by atoms with Crippen LogP contribution in [0.2, 0.25) is 5.02 Å². The summed E-state index contributed by atoms with van der Waals surface area (Å²) in [7, 11) is 0. The molecule has 176 valence electrons. The number of hydrogen-bond donors (Lipinski definition) is 1. The summed E-state index contributed by atoms with van der Waals surface area (Å²) in [5.74, 6) is -0.375. The highest BCUT2D eigenvalue weighted by atomic mass is 35.5. The number of carbonyl (C=O) groups excluding carboxylic acids is 1. The van der Waals surface area contributed by atoms with Gasteiger partial charge in [0.25, 0.3) is 11.5 Å². The van der Waals surface area contributed by atoms with Gasteiger partial charge in [0.1, 0.15) is 28.6 Å². The Morgan fingerprint density at radius 1 is 1.29 bits per heavy atom. The van der Waals surface area contributed by atoms with Crippen LogP contribution in [0, 0.1) is 18.3 Å². The second kappa shape index (κ2) is 11.5. The van der Waals surface area contributed by atoms with Crippen molar-refractivity contribution in [3.8, 4) is 17.7 Å². The van der Waals surface area contributed by atoms with E-state index in [0.29, 0.717) is 30.2 Å². The van der Waals surface area contributed by atoms with Gasteiger partial charge in [-0.05, 0) is 57.0 Å². The molecule has 0 aliphatic heterocycles. The van der Waals surface area contributed by atoms with E-state index in [-0.39, 0.29) is 28.9 Å². The van der Waals surface area contributed by atoms with Crippen LogP contribution in [0.15, 0.2) is 53.0 Å². The van der Waals surface area contributed by atoms with E-state index in [1.54, 1.807) is 36.5 Å². The zero-order valence-electron chi connectivity index (χ0n) is 19.2. The first-order valence-corrected chi connectivity index (χ1v) is 11.2. The van der Waals surface area contributed by atoms with Crippen LogP contribution >= 0.6 is 11.6 Å². The zero-order valence-corrected chi connectivity index (χ0v) is 19.9. The Balaban J connectivity index is 2.00. The van der Waals surface area contributed by atoms with Gasteiger partial charge in [0.2, 0.25) is 5.88 Å². The summed E-state index contributed by atoms with van der Waals surface area (Å²) in [6, 6.07) is 12.1. The second-order valence-corrected chi connectivity index (χ2v) is 8.16. The number of aryl methyl sites for hydroxylation is 1. The van der Waals surface area contributed by atoms with E-state index < -0.39 is 11.5 Å². The van der Waals surface area contributed by atoms with Crippen LogP contribution in [0.5, 0.6) is 11.6 Å². The summed E-state index contributed by atoms with van der Waals surface area (Å²) in [5.41, 5.74) is 0.362. The predicted molar refractivity (Wildman–Crippen MR) is 130 cm³/mol. The molecule has 2 aromatic heterocycles. The molecule has 0 aliphatic rings. The number of hydrogen-bond acceptors (Lipinski definition) is 6. The molecular formula is C25H25ClN4O4. The van der Waals surface area contributed by atoms with Gasteiger partial charge in [-0.15, -0.1) is 0 Å². The number of amides is 1. The monoisotopic (exact) mass is 480 g/mol. The van der Waals surface area contributed by atoms with E-state index in [2.05, 4.69) is 10.3 Å². The fraction of sp³-hybridized carbons (Fsp3) is 0.280. The number of rotatable bonds is 9. The Labute approximate surface area is 202 Å². The number of nitrogens with zero attached hydrogens (tertiary/aromatic N) is 3. The van der Waals surface area contributed by atoms with Gasteiger partial charge in [0.15, 0.2) is 0 Å². The van der Waals surface area contributed by atoms with Crippen molar-refractivity contribution in [3.63, 3.8) is 0 Å². The van der Waals surface area contributed by atoms with E-state index in [9.17, 15) is 14.9 Å². The molecule has 0 atom stereocenters. The molecule has 3 aromatic rings. The molecule has 0 saturated heterocycles. The highest BCUT2D eigenvalue weighted by Gasteiger charge is 2.18. The van der Waals surface area contributed by atoms with E-state index in [1.165, 1.54) is 10.5 Å². The van der Waals surface area contributed by atoms with Crippen LogP contribution in [0.3, 0.4) is 0 Å². The van der Waals surface area contributed by atoms with E-state index in [1.807, 2.05) is 32.9 Å². The minimum atomic E-state index is -0.607. The number of pyridine rings is 1. The van der Waals surface area contributed by atoms with Crippen LogP contribution in [0.25, 0.3) is 11.7 Å². The Morgan fingerprint density at radius 2 is 2.06 bits per heavy atom. The van der Waals surface area contributed by atoms with Crippen LogP contribution in [0.4, 0.5) is 0 Å². The summed E-state index contributed by atoms with van der Waals surface area (Å²) >= 11 is 6.22. The molecule has 8 nitrogen and oxygen atoms in total. The second-order valence-electron chi connectivity index (χ2n) is 7.75. The molecule has 0 spiro atoms. The topological polar surface area (TPSA) is 106 Å². The van der Waals surface area contributed by atoms with E-state index in [4.69, 9.17) is 21.1 Å². The molecule has 0 radical (unpaired) electrons. The first-order chi connectivity index (χ1) is 16.3. The van der Waals surface area contributed by atoms with Gasteiger partial charge in [-0.2, -0.15) is 10.2 Å². The SMILES string of the molecule is Cc1cccn2c(=O)c(C=C(C#N)C(=O)NCCCOC(C)C)c(Oc3ccccc3Cl)nc12. The number of carbonyl (C=O) groups is 1. The Morgan fingerprint density at radius 3 is 2.76 bits per heavy atom. The van der Waals surface area contributed by atoms with Crippen molar-refractivity contribution in [2.45, 2.75) is 33.3 Å². The van der Waals surface area contributed by atoms with Gasteiger partial charge in [0, 0.05) is 19.3 Å². The number of fused-ring (bicyclic) bond motifs is 1. The fourth-order valence-corrected chi connectivity index (χ4v) is 3.28. The first kappa shape index (κ1) is 25.0. The first-order valence-electron chi connectivity index (χ1n) is 10.8. The molecule has 0 unspecified atom stereocenters. The Hall–Kier alpha value is -3.67. The van der Waals surface area contributed by atoms with Crippen molar-refractivity contribution in [2.24, 2.45) is 0 Å². The fourth-order valence-electron chi connectivity index (χ4n) is 3.11. The quantitative estimate of drug-likeness (QED) is 0.278. The molecule has 0 saturated carbocycles. The summed E-state index contributed by atoms with van der Waals surface area (Å²) in [6.45, 7) is 6.47. The van der Waals surface area contributed by atoms with Gasteiger partial charge >= 0.3 is 0 Å². The number of para-hydroxylation sites is 1. The van der Waals surface area contributed by atoms with Crippen molar-refractivity contribution in [2.75, 3.05) is 13.2 Å². The number of nitriles is 1. The van der Waals surface area contributed by atoms with Gasteiger partial charge < -0.3 is 14.8 Å². The molecule has 3 rings (SSSR count). The number of benzene rings is 1. The van der Waals surface area contributed by atoms with E-state index in [0.717, 1.165) is 5.56 Å². The summed E-state index contributed by atoms with van der Waals surface area (Å²) in [4.78, 5) is 30.4. The lowest BCUT2D eigenvalue weighted by molar-refractivity contribution is -0.117. The number of ether oxygens (including phenoxy) is 2. The maximum absolute atomic E-state index is 13.3. The smallest absolute Gasteiger partial charge is 0.269 e. The van der Waals surface area contributed by atoms with Gasteiger partial charge in [-0.1, -0.05) is 29.8 Å². The molecule has 9 heteroatoms. The van der Waals surface area contributed by atoms with Crippen molar-refractivity contribution in [1.29, 1.82) is 5.26 Å². The van der Waals surface area contributed by atoms with Crippen molar-refractivity contribution in [1.82, 2.24) is 14.7 Å². The summed E-state index contributed by atoms with van der Waals surface area (Å²) < 4.78 is 12.7. The predicted octanol–water partition coefficient (Wildman–Crippen LogP) is 4.29. The lowest BCUT2D eigenvalue weighted by Gasteiger charge is -2.12. The standard InChI is InChI=1S/C25H25ClN4O4/c1-16(2)33-13-7-11-28-23(31)18(15-27)14-19-24(34-21-10-5-4-9-20(21)26)29-22-17(3)8-6-12-30(22)25(19)32/h4-6,8-10,12,14,16H,7,11,13H2,1-3H3,(H,28,31). The average Bonchev–Trinajstić information content (AvgIpc) is 2.80. The third kappa shape index (κ3) is 6.01. The Kier molecular flexibility index (Phi) is 8.41. The molecule has 0 bridgehead atoms. The third-order valence-electron chi connectivity index (χ3n) is 4.80.